The Kier molecular flexibility index (Phi) is 9.93. The predicted molar refractivity (Wildman–Crippen MR) is 191 cm³/mol. The molecule has 2 aliphatic rings. The van der Waals surface area contributed by atoms with Crippen molar-refractivity contribution in [1.29, 1.82) is 0 Å². The molecule has 2 aromatic carbocycles. The van der Waals surface area contributed by atoms with Crippen molar-refractivity contribution < 1.29 is 9.90 Å². The van der Waals surface area contributed by atoms with Gasteiger partial charge < -0.3 is 20.3 Å². The molecule has 1 aliphatic carbocycles. The molecule has 47 heavy (non-hydrogen) atoms. The number of nitrogens with one attached hydrogen (secondary N) is 2. The first kappa shape index (κ1) is 33.1. The van der Waals surface area contributed by atoms with Gasteiger partial charge in [0.2, 0.25) is 0 Å². The van der Waals surface area contributed by atoms with E-state index in [0.29, 0.717) is 5.69 Å². The van der Waals surface area contributed by atoms with Crippen molar-refractivity contribution in [3.8, 4) is 11.3 Å². The van der Waals surface area contributed by atoms with Crippen LogP contribution in [0.3, 0.4) is 0 Å². The summed E-state index contributed by atoms with van der Waals surface area (Å²) >= 11 is 1.61. The number of hydrogen-bond acceptors (Lipinski definition) is 8. The number of thiophene rings is 1. The van der Waals surface area contributed by atoms with E-state index < -0.39 is 6.23 Å². The Labute approximate surface area is 281 Å². The molecule has 3 heterocycles. The Morgan fingerprint density at radius 3 is 2.49 bits per heavy atom. The van der Waals surface area contributed by atoms with Crippen LogP contribution in [-0.4, -0.2) is 62.8 Å². The number of aliphatic hydroxyl groups is 1. The number of aromatic nitrogens is 2. The van der Waals surface area contributed by atoms with Crippen LogP contribution in [0.15, 0.2) is 59.5 Å². The number of likely N-dealkylation sites (tertiary alicyclic amines) is 1. The van der Waals surface area contributed by atoms with Crippen LogP contribution in [0, 0.1) is 6.92 Å². The molecule has 2 unspecified atom stereocenters. The molecule has 1 amide bonds. The number of carbonyl (C=O) groups is 1. The third kappa shape index (κ3) is 7.06. The van der Waals surface area contributed by atoms with Crippen LogP contribution < -0.4 is 16.2 Å². The number of likely N-dealkylation sites (N-methyl/N-ethyl adjacent to an activating group) is 1. The average Bonchev–Trinajstić information content (AvgIpc) is 3.30. The van der Waals surface area contributed by atoms with Gasteiger partial charge in [-0.15, -0.1) is 11.3 Å². The first-order valence-electron chi connectivity index (χ1n) is 16.7. The lowest BCUT2D eigenvalue weighted by molar-refractivity contribution is -0.0899. The smallest absolute Gasteiger partial charge is 0.293 e. The van der Waals surface area contributed by atoms with Gasteiger partial charge in [-0.05, 0) is 101 Å². The fraction of sp³-hybridized carbons (Fsp3) is 0.432. The van der Waals surface area contributed by atoms with Crippen LogP contribution in [0.5, 0.6) is 0 Å². The van der Waals surface area contributed by atoms with E-state index in [1.165, 1.54) is 34.3 Å². The third-order valence-corrected chi connectivity index (χ3v) is 11.0. The summed E-state index contributed by atoms with van der Waals surface area (Å²) in [5.74, 6) is 0.116. The monoisotopic (exact) mass is 654 g/mol. The molecule has 0 spiro atoms. The highest BCUT2D eigenvalue weighted by atomic mass is 32.1. The van der Waals surface area contributed by atoms with Crippen molar-refractivity contribution in [2.24, 2.45) is 7.05 Å². The zero-order valence-corrected chi connectivity index (χ0v) is 28.9. The Hall–Kier alpha value is -3.83. The van der Waals surface area contributed by atoms with Gasteiger partial charge in [0.1, 0.15) is 6.23 Å². The number of carbonyl (C=O) groups excluding carboxylic acids is 1. The number of benzene rings is 2. The van der Waals surface area contributed by atoms with E-state index in [2.05, 4.69) is 40.3 Å². The number of aryl methyl sites for hydroxylation is 3. The summed E-state index contributed by atoms with van der Waals surface area (Å²) in [5, 5.41) is 17.6. The van der Waals surface area contributed by atoms with Gasteiger partial charge in [0.25, 0.3) is 11.5 Å². The minimum atomic E-state index is -0.593. The first-order valence-corrected chi connectivity index (χ1v) is 17.5. The largest absolute Gasteiger partial charge is 0.376 e. The maximum absolute atomic E-state index is 13.3. The summed E-state index contributed by atoms with van der Waals surface area (Å²) in [5.41, 5.74) is 5.86. The first-order chi connectivity index (χ1) is 22.6. The molecule has 1 saturated heterocycles. The maximum Gasteiger partial charge on any atom is 0.293 e. The topological polar surface area (TPSA) is 103 Å². The van der Waals surface area contributed by atoms with Crippen molar-refractivity contribution >= 4 is 34.4 Å². The van der Waals surface area contributed by atoms with Gasteiger partial charge in [-0.3, -0.25) is 19.4 Å². The molecule has 0 radical (unpaired) electrons. The van der Waals surface area contributed by atoms with Gasteiger partial charge in [-0.25, -0.2) is 4.98 Å². The number of nitrogens with zero attached hydrogens (tertiary/aromatic N) is 4. The van der Waals surface area contributed by atoms with Crippen LogP contribution in [0.25, 0.3) is 11.3 Å². The van der Waals surface area contributed by atoms with E-state index in [-0.39, 0.29) is 29.4 Å². The van der Waals surface area contributed by atoms with Gasteiger partial charge in [0.05, 0.1) is 16.6 Å². The summed E-state index contributed by atoms with van der Waals surface area (Å²) in [6.07, 6.45) is 7.95. The van der Waals surface area contributed by atoms with Crippen molar-refractivity contribution in [2.45, 2.75) is 77.6 Å². The standard InChI is InChI=1S/C37H46N6O3S/c1-23(2)42(5)33(36(45)43-19-10-20-43)25-15-17-27(18-16-25)38-34-37(46)41(4)22-30(39-34)28-12-9-13-29(24(28)3)40-35(44)32-21-26-11-7-6-8-14-31(26)47-32/h9,12-13,15-18,21-23,33,36,45H,6-8,10-11,14,19-20H2,1-5H3,(H,38,39)(H,40,44). The second-order valence-electron chi connectivity index (χ2n) is 13.2. The van der Waals surface area contributed by atoms with Gasteiger partial charge >= 0.3 is 0 Å². The average molecular weight is 655 g/mol. The lowest BCUT2D eigenvalue weighted by atomic mass is 9.99. The Morgan fingerprint density at radius 2 is 1.79 bits per heavy atom. The van der Waals surface area contributed by atoms with E-state index in [9.17, 15) is 14.7 Å². The minimum Gasteiger partial charge on any atom is -0.376 e. The lowest BCUT2D eigenvalue weighted by Gasteiger charge is -2.43. The Balaban J connectivity index is 1.22. The van der Waals surface area contributed by atoms with Gasteiger partial charge in [0, 0.05) is 54.2 Å². The third-order valence-electron chi connectivity index (χ3n) is 9.71. The molecule has 6 rings (SSSR count). The van der Waals surface area contributed by atoms with Gasteiger partial charge in [0.15, 0.2) is 5.82 Å². The second kappa shape index (κ2) is 14.1. The molecular formula is C37H46N6O3S. The van der Waals surface area contributed by atoms with Crippen LogP contribution >= 0.6 is 11.3 Å². The fourth-order valence-corrected chi connectivity index (χ4v) is 7.62. The lowest BCUT2D eigenvalue weighted by Crippen LogP contribution is -2.52. The molecule has 1 aliphatic heterocycles. The van der Waals surface area contributed by atoms with Crippen molar-refractivity contribution in [2.75, 3.05) is 30.8 Å². The molecular weight excluding hydrogens is 609 g/mol. The molecule has 0 saturated carbocycles. The number of aliphatic hydroxyl groups excluding tert-OH is 1. The number of anilines is 3. The van der Waals surface area contributed by atoms with E-state index in [0.717, 1.165) is 65.3 Å². The van der Waals surface area contributed by atoms with Crippen molar-refractivity contribution in [1.82, 2.24) is 19.4 Å². The van der Waals surface area contributed by atoms with Crippen LogP contribution in [0.2, 0.25) is 0 Å². The van der Waals surface area contributed by atoms with Gasteiger partial charge in [-0.1, -0.05) is 30.7 Å². The van der Waals surface area contributed by atoms with E-state index in [1.54, 1.807) is 24.6 Å². The van der Waals surface area contributed by atoms with Crippen LogP contribution in [0.4, 0.5) is 17.2 Å². The molecule has 2 aromatic heterocycles. The molecule has 9 nitrogen and oxygen atoms in total. The van der Waals surface area contributed by atoms with Crippen molar-refractivity contribution in [3.05, 3.63) is 91.5 Å². The van der Waals surface area contributed by atoms with Crippen LogP contribution in [0.1, 0.15) is 76.8 Å². The summed E-state index contributed by atoms with van der Waals surface area (Å²) in [7, 11) is 3.76. The summed E-state index contributed by atoms with van der Waals surface area (Å²) < 4.78 is 1.53. The Bertz CT molecular complexity index is 1770. The second-order valence-corrected chi connectivity index (χ2v) is 14.3. The number of fused-ring (bicyclic) bond motifs is 1. The zero-order chi connectivity index (χ0) is 33.2. The minimum absolute atomic E-state index is 0.0956. The fourth-order valence-electron chi connectivity index (χ4n) is 6.47. The Morgan fingerprint density at radius 1 is 1.04 bits per heavy atom. The molecule has 1 fully saturated rings. The number of hydrogen-bond donors (Lipinski definition) is 3. The summed E-state index contributed by atoms with van der Waals surface area (Å²) in [6, 6.07) is 15.8. The molecule has 10 heteroatoms. The maximum atomic E-state index is 13.3. The number of rotatable bonds is 10. The highest BCUT2D eigenvalue weighted by molar-refractivity contribution is 7.14. The SMILES string of the molecule is Cc1c(NC(=O)c2cc3c(s2)CCCCC3)cccc1-c1cn(C)c(=O)c(Nc2ccc(C(C(O)N3CCC3)N(C)C(C)C)cc2)n1. The number of amides is 1. The van der Waals surface area contributed by atoms with Crippen LogP contribution in [-0.2, 0) is 19.9 Å². The van der Waals surface area contributed by atoms with E-state index in [4.69, 9.17) is 4.98 Å². The van der Waals surface area contributed by atoms with E-state index in [1.807, 2.05) is 56.4 Å². The normalized spacial score (nSPS) is 16.3. The molecule has 4 aromatic rings. The molecule has 248 valence electrons. The van der Waals surface area contributed by atoms with Crippen molar-refractivity contribution in [3.63, 3.8) is 0 Å². The van der Waals surface area contributed by atoms with Gasteiger partial charge in [-0.2, -0.15) is 0 Å². The highest BCUT2D eigenvalue weighted by Gasteiger charge is 2.33. The molecule has 2 atom stereocenters. The highest BCUT2D eigenvalue weighted by Crippen LogP contribution is 2.33. The predicted octanol–water partition coefficient (Wildman–Crippen LogP) is 6.49. The quantitative estimate of drug-likeness (QED) is 0.168. The molecule has 3 N–H and O–H groups in total. The van der Waals surface area contributed by atoms with E-state index >= 15 is 0 Å². The zero-order valence-electron chi connectivity index (χ0n) is 28.0. The molecule has 0 bridgehead atoms. The summed E-state index contributed by atoms with van der Waals surface area (Å²) in [4.78, 5) is 37.7. The summed E-state index contributed by atoms with van der Waals surface area (Å²) in [6.45, 7) is 8.02.